The SMILES string of the molecule is O=C(c1nnc(-c2cc(S(=O)(=O)NCc3ccccc3Cl)c[nH]2)o1)N1CCCC1. The molecule has 1 amide bonds. The van der Waals surface area contributed by atoms with Crippen molar-refractivity contribution in [3.8, 4) is 11.6 Å². The summed E-state index contributed by atoms with van der Waals surface area (Å²) in [5.74, 6) is -0.389. The lowest BCUT2D eigenvalue weighted by molar-refractivity contribution is 0.0754. The standard InChI is InChI=1S/C18H18ClN5O4S/c19-14-6-2-1-5-12(14)10-21-29(26,27)13-9-15(20-11-13)16-22-23-17(28-16)18(25)24-7-3-4-8-24/h1-2,5-6,9,11,20-21H,3-4,7-8,10H2. The molecular weight excluding hydrogens is 418 g/mol. The average Bonchev–Trinajstić information content (AvgIpc) is 3.48. The summed E-state index contributed by atoms with van der Waals surface area (Å²) in [6, 6.07) is 8.35. The zero-order valence-corrected chi connectivity index (χ0v) is 16.8. The second kappa shape index (κ2) is 7.97. The Hall–Kier alpha value is -2.69. The summed E-state index contributed by atoms with van der Waals surface area (Å²) in [5.41, 5.74) is 0.964. The number of aromatic nitrogens is 3. The van der Waals surface area contributed by atoms with E-state index in [0.29, 0.717) is 29.4 Å². The number of carbonyl (C=O) groups excluding carboxylic acids is 1. The summed E-state index contributed by atoms with van der Waals surface area (Å²) in [4.78, 5) is 16.8. The van der Waals surface area contributed by atoms with E-state index in [1.807, 2.05) is 0 Å². The summed E-state index contributed by atoms with van der Waals surface area (Å²) < 4.78 is 33.0. The molecule has 0 aliphatic carbocycles. The van der Waals surface area contributed by atoms with E-state index in [4.69, 9.17) is 16.0 Å². The van der Waals surface area contributed by atoms with Crippen molar-refractivity contribution in [1.29, 1.82) is 0 Å². The minimum absolute atomic E-state index is 0.00479. The highest BCUT2D eigenvalue weighted by Gasteiger charge is 2.25. The van der Waals surface area contributed by atoms with Crippen molar-refractivity contribution in [3.63, 3.8) is 0 Å². The van der Waals surface area contributed by atoms with Gasteiger partial charge in [-0.05, 0) is 30.5 Å². The second-order valence-electron chi connectivity index (χ2n) is 6.58. The van der Waals surface area contributed by atoms with Crippen LogP contribution in [0.25, 0.3) is 11.6 Å². The van der Waals surface area contributed by atoms with Crippen molar-refractivity contribution >= 4 is 27.5 Å². The molecule has 0 radical (unpaired) electrons. The smallest absolute Gasteiger partial charge is 0.311 e. The molecule has 4 rings (SSSR count). The first kappa shape index (κ1) is 19.6. The van der Waals surface area contributed by atoms with Gasteiger partial charge < -0.3 is 14.3 Å². The molecule has 0 spiro atoms. The fourth-order valence-electron chi connectivity index (χ4n) is 3.02. The highest BCUT2D eigenvalue weighted by Crippen LogP contribution is 2.22. The Morgan fingerprint density at radius 2 is 2.00 bits per heavy atom. The maximum Gasteiger partial charge on any atom is 0.311 e. The Kier molecular flexibility index (Phi) is 5.39. The van der Waals surface area contributed by atoms with Crippen LogP contribution in [0.15, 0.2) is 45.8 Å². The number of halogens is 1. The van der Waals surface area contributed by atoms with Crippen LogP contribution in [-0.4, -0.2) is 47.5 Å². The highest BCUT2D eigenvalue weighted by molar-refractivity contribution is 7.89. The van der Waals surface area contributed by atoms with E-state index < -0.39 is 10.0 Å². The third-order valence-electron chi connectivity index (χ3n) is 4.61. The van der Waals surface area contributed by atoms with Crippen LogP contribution in [0, 0.1) is 0 Å². The molecule has 3 aromatic rings. The molecule has 1 aromatic carbocycles. The van der Waals surface area contributed by atoms with Gasteiger partial charge in [-0.3, -0.25) is 4.79 Å². The molecule has 0 atom stereocenters. The predicted molar refractivity (Wildman–Crippen MR) is 105 cm³/mol. The number of sulfonamides is 1. The number of H-pyrrole nitrogens is 1. The van der Waals surface area contributed by atoms with Crippen LogP contribution in [0.1, 0.15) is 29.1 Å². The molecule has 1 aliphatic rings. The first-order chi connectivity index (χ1) is 13.9. The molecule has 1 fully saturated rings. The van der Waals surface area contributed by atoms with Crippen LogP contribution in [0.5, 0.6) is 0 Å². The number of aromatic amines is 1. The lowest BCUT2D eigenvalue weighted by Gasteiger charge is -2.11. The lowest BCUT2D eigenvalue weighted by atomic mass is 10.2. The van der Waals surface area contributed by atoms with Crippen LogP contribution in [-0.2, 0) is 16.6 Å². The minimum atomic E-state index is -3.79. The number of nitrogens with one attached hydrogen (secondary N) is 2. The van der Waals surface area contributed by atoms with E-state index >= 15 is 0 Å². The van der Waals surface area contributed by atoms with E-state index in [1.54, 1.807) is 29.2 Å². The summed E-state index contributed by atoms with van der Waals surface area (Å²) in [5, 5.41) is 8.12. The summed E-state index contributed by atoms with van der Waals surface area (Å²) in [6.07, 6.45) is 3.22. The van der Waals surface area contributed by atoms with E-state index in [-0.39, 0.29) is 29.1 Å². The third-order valence-corrected chi connectivity index (χ3v) is 6.36. The Morgan fingerprint density at radius 1 is 1.24 bits per heavy atom. The average molecular weight is 436 g/mol. The Labute approximate surface area is 172 Å². The van der Waals surface area contributed by atoms with Gasteiger partial charge in [0.05, 0.1) is 0 Å². The Bertz CT molecular complexity index is 1130. The molecule has 152 valence electrons. The number of likely N-dealkylation sites (tertiary alicyclic amines) is 1. The molecule has 3 heterocycles. The topological polar surface area (TPSA) is 121 Å². The number of hydrogen-bond donors (Lipinski definition) is 2. The van der Waals surface area contributed by atoms with Crippen molar-refractivity contribution in [2.45, 2.75) is 24.3 Å². The molecule has 1 saturated heterocycles. The maximum absolute atomic E-state index is 12.5. The normalized spacial score (nSPS) is 14.4. The number of nitrogens with zero attached hydrogens (tertiary/aromatic N) is 3. The molecule has 0 bridgehead atoms. The van der Waals surface area contributed by atoms with Gasteiger partial charge in [0.1, 0.15) is 10.6 Å². The number of carbonyl (C=O) groups is 1. The first-order valence-electron chi connectivity index (χ1n) is 8.99. The van der Waals surface area contributed by atoms with E-state index in [1.165, 1.54) is 12.3 Å². The fraction of sp³-hybridized carbons (Fsp3) is 0.278. The first-order valence-corrected chi connectivity index (χ1v) is 10.8. The van der Waals surface area contributed by atoms with Gasteiger partial charge in [-0.1, -0.05) is 29.8 Å². The van der Waals surface area contributed by atoms with Crippen molar-refractivity contribution in [2.75, 3.05) is 13.1 Å². The van der Waals surface area contributed by atoms with E-state index in [2.05, 4.69) is 19.9 Å². The van der Waals surface area contributed by atoms with Gasteiger partial charge in [0.2, 0.25) is 10.0 Å². The molecule has 1 aliphatic heterocycles. The van der Waals surface area contributed by atoms with Crippen molar-refractivity contribution < 1.29 is 17.6 Å². The van der Waals surface area contributed by atoms with Crippen LogP contribution in [0.2, 0.25) is 5.02 Å². The van der Waals surface area contributed by atoms with E-state index in [0.717, 1.165) is 12.8 Å². The zero-order valence-electron chi connectivity index (χ0n) is 15.3. The number of amides is 1. The summed E-state index contributed by atoms with van der Waals surface area (Å²) in [6.45, 7) is 1.38. The summed E-state index contributed by atoms with van der Waals surface area (Å²) >= 11 is 6.06. The Morgan fingerprint density at radius 3 is 2.76 bits per heavy atom. The van der Waals surface area contributed by atoms with Crippen molar-refractivity contribution in [1.82, 2.24) is 24.8 Å². The van der Waals surface area contributed by atoms with Crippen LogP contribution in [0.4, 0.5) is 0 Å². The highest BCUT2D eigenvalue weighted by atomic mass is 35.5. The molecule has 11 heteroatoms. The summed E-state index contributed by atoms with van der Waals surface area (Å²) in [7, 11) is -3.79. The Balaban J connectivity index is 1.48. The quantitative estimate of drug-likeness (QED) is 0.613. The number of benzene rings is 1. The molecule has 29 heavy (non-hydrogen) atoms. The van der Waals surface area contributed by atoms with Gasteiger partial charge in [-0.25, -0.2) is 13.1 Å². The van der Waals surface area contributed by atoms with Crippen molar-refractivity contribution in [3.05, 3.63) is 53.0 Å². The molecule has 2 aromatic heterocycles. The van der Waals surface area contributed by atoms with Gasteiger partial charge >= 0.3 is 11.8 Å². The largest absolute Gasteiger partial charge is 0.411 e. The predicted octanol–water partition coefficient (Wildman–Crippen LogP) is 2.43. The second-order valence-corrected chi connectivity index (χ2v) is 8.75. The molecule has 2 N–H and O–H groups in total. The van der Waals surface area contributed by atoms with Gasteiger partial charge in [-0.15, -0.1) is 10.2 Å². The molecule has 0 unspecified atom stereocenters. The van der Waals surface area contributed by atoms with Crippen LogP contribution in [0.3, 0.4) is 0 Å². The number of hydrogen-bond acceptors (Lipinski definition) is 6. The fourth-order valence-corrected chi connectivity index (χ4v) is 4.23. The minimum Gasteiger partial charge on any atom is -0.411 e. The maximum atomic E-state index is 12.5. The third kappa shape index (κ3) is 4.19. The van der Waals surface area contributed by atoms with Crippen LogP contribution >= 0.6 is 11.6 Å². The van der Waals surface area contributed by atoms with Crippen molar-refractivity contribution in [2.24, 2.45) is 0 Å². The van der Waals surface area contributed by atoms with E-state index in [9.17, 15) is 13.2 Å². The van der Waals surface area contributed by atoms with Gasteiger partial charge in [0.25, 0.3) is 5.89 Å². The van der Waals surface area contributed by atoms with Crippen LogP contribution < -0.4 is 4.72 Å². The number of rotatable bonds is 6. The zero-order chi connectivity index (χ0) is 20.4. The van der Waals surface area contributed by atoms with Gasteiger partial charge in [0.15, 0.2) is 0 Å². The van der Waals surface area contributed by atoms with Gasteiger partial charge in [-0.2, -0.15) is 0 Å². The molecular formula is C18H18ClN5O4S. The molecule has 9 nitrogen and oxygen atoms in total. The van der Waals surface area contributed by atoms with Gasteiger partial charge in [0, 0.05) is 30.9 Å². The lowest BCUT2D eigenvalue weighted by Crippen LogP contribution is -2.27. The monoisotopic (exact) mass is 435 g/mol. The molecule has 0 saturated carbocycles.